The number of halogens is 1. The Hall–Kier alpha value is -1.41. The van der Waals surface area contributed by atoms with Crippen LogP contribution >= 0.6 is 22.9 Å². The van der Waals surface area contributed by atoms with Crippen LogP contribution in [-0.2, 0) is 4.74 Å². The average Bonchev–Trinajstić information content (AvgIpc) is 3.16. The number of aliphatic hydroxyl groups is 1. The van der Waals surface area contributed by atoms with Gasteiger partial charge in [0, 0.05) is 12.6 Å². The summed E-state index contributed by atoms with van der Waals surface area (Å²) < 4.78 is 11.3. The molecule has 8 heteroatoms. The van der Waals surface area contributed by atoms with Gasteiger partial charge >= 0.3 is 0 Å². The zero-order chi connectivity index (χ0) is 15.7. The van der Waals surface area contributed by atoms with E-state index in [9.17, 15) is 9.90 Å². The monoisotopic (exact) mass is 342 g/mol. The van der Waals surface area contributed by atoms with Gasteiger partial charge in [0.15, 0.2) is 11.5 Å². The highest BCUT2D eigenvalue weighted by atomic mass is 35.5. The second-order valence-corrected chi connectivity index (χ2v) is 6.84. The number of amides is 1. The van der Waals surface area contributed by atoms with Crippen molar-refractivity contribution in [1.29, 1.82) is 0 Å². The predicted molar refractivity (Wildman–Crippen MR) is 82.2 cm³/mol. The van der Waals surface area contributed by atoms with E-state index in [0.29, 0.717) is 23.2 Å². The number of rotatable bonds is 3. The molecule has 0 spiro atoms. The van der Waals surface area contributed by atoms with E-state index >= 15 is 0 Å². The maximum absolute atomic E-state index is 12.6. The lowest BCUT2D eigenvalue weighted by Crippen LogP contribution is -2.52. The number of carbonyl (C=O) groups excluding carboxylic acids is 1. The summed E-state index contributed by atoms with van der Waals surface area (Å²) in [6, 6.07) is 5.12. The van der Waals surface area contributed by atoms with Gasteiger partial charge in [-0.05, 0) is 19.1 Å². The van der Waals surface area contributed by atoms with Crippen LogP contribution in [0.4, 0.5) is 0 Å². The summed E-state index contributed by atoms with van der Waals surface area (Å²) in [6.45, 7) is 2.51. The molecule has 2 atom stereocenters. The molecule has 1 aliphatic rings. The van der Waals surface area contributed by atoms with E-state index in [1.54, 1.807) is 17.0 Å². The third-order valence-corrected chi connectivity index (χ3v) is 4.76. The molecule has 1 amide bonds. The summed E-state index contributed by atoms with van der Waals surface area (Å²) in [5.74, 6) is 0.284. The van der Waals surface area contributed by atoms with Gasteiger partial charge in [-0.15, -0.1) is 11.3 Å². The predicted octanol–water partition coefficient (Wildman–Crippen LogP) is 2.28. The number of nitrogens with zero attached hydrogens (tertiary/aromatic N) is 2. The molecule has 2 aromatic rings. The van der Waals surface area contributed by atoms with Crippen molar-refractivity contribution in [3.63, 3.8) is 0 Å². The van der Waals surface area contributed by atoms with Crippen molar-refractivity contribution in [3.05, 3.63) is 28.2 Å². The minimum absolute atomic E-state index is 0.0772. The Labute approximate surface area is 136 Å². The van der Waals surface area contributed by atoms with Gasteiger partial charge in [0.05, 0.1) is 34.6 Å². The molecule has 1 aliphatic heterocycles. The van der Waals surface area contributed by atoms with E-state index < -0.39 is 0 Å². The molecule has 22 heavy (non-hydrogen) atoms. The third-order valence-electron chi connectivity index (χ3n) is 3.52. The molecule has 3 rings (SSSR count). The lowest BCUT2D eigenvalue weighted by atomic mass is 10.2. The van der Waals surface area contributed by atoms with Crippen LogP contribution in [0.3, 0.4) is 0 Å². The van der Waals surface area contributed by atoms with Gasteiger partial charge in [-0.25, -0.2) is 0 Å². The fourth-order valence-electron chi connectivity index (χ4n) is 2.30. The molecule has 1 fully saturated rings. The summed E-state index contributed by atoms with van der Waals surface area (Å²) in [5, 5.41) is 13.1. The first-order valence-corrected chi connectivity index (χ1v) is 8.03. The van der Waals surface area contributed by atoms with Gasteiger partial charge in [0.25, 0.3) is 5.91 Å². The minimum atomic E-state index is -0.359. The highest BCUT2D eigenvalue weighted by Gasteiger charge is 2.31. The van der Waals surface area contributed by atoms with Gasteiger partial charge in [0.2, 0.25) is 0 Å². The minimum Gasteiger partial charge on any atom is -0.394 e. The highest BCUT2D eigenvalue weighted by Crippen LogP contribution is 2.31. The van der Waals surface area contributed by atoms with E-state index in [2.05, 4.69) is 5.16 Å². The molecule has 2 unspecified atom stereocenters. The highest BCUT2D eigenvalue weighted by molar-refractivity contribution is 7.19. The maximum Gasteiger partial charge on any atom is 0.276 e. The Morgan fingerprint density at radius 1 is 1.59 bits per heavy atom. The van der Waals surface area contributed by atoms with Gasteiger partial charge in [-0.3, -0.25) is 4.79 Å². The van der Waals surface area contributed by atoms with Crippen LogP contribution < -0.4 is 0 Å². The van der Waals surface area contributed by atoms with Gasteiger partial charge in [0.1, 0.15) is 0 Å². The van der Waals surface area contributed by atoms with Crippen molar-refractivity contribution < 1.29 is 19.2 Å². The zero-order valence-electron chi connectivity index (χ0n) is 11.9. The normalized spacial score (nSPS) is 22.0. The SMILES string of the molecule is CC1COC(CO)CN1C(=O)c1cc(-c2ccc(Cl)s2)on1. The molecular weight excluding hydrogens is 328 g/mol. The number of hydrogen-bond donors (Lipinski definition) is 1. The Balaban J connectivity index is 1.78. The van der Waals surface area contributed by atoms with Gasteiger partial charge < -0.3 is 19.3 Å². The third kappa shape index (κ3) is 3.03. The van der Waals surface area contributed by atoms with Gasteiger partial charge in [-0.2, -0.15) is 0 Å². The van der Waals surface area contributed by atoms with E-state index in [-0.39, 0.29) is 30.4 Å². The van der Waals surface area contributed by atoms with E-state index in [1.165, 1.54) is 11.3 Å². The number of thiophene rings is 1. The standard InChI is InChI=1S/C14H15ClN2O4S/c1-8-7-20-9(6-18)5-17(8)14(19)10-4-11(21-16-10)12-2-3-13(15)22-12/h2-4,8-9,18H,5-7H2,1H3. The van der Waals surface area contributed by atoms with Crippen LogP contribution in [0.5, 0.6) is 0 Å². The van der Waals surface area contributed by atoms with Crippen molar-refractivity contribution in [2.75, 3.05) is 19.8 Å². The van der Waals surface area contributed by atoms with Crippen LogP contribution in [-0.4, -0.2) is 53.0 Å². The van der Waals surface area contributed by atoms with Crippen LogP contribution in [0.2, 0.25) is 4.34 Å². The van der Waals surface area contributed by atoms with E-state index in [0.717, 1.165) is 4.88 Å². The summed E-state index contributed by atoms with van der Waals surface area (Å²) >= 11 is 7.26. The molecular formula is C14H15ClN2O4S. The number of hydrogen-bond acceptors (Lipinski definition) is 6. The number of ether oxygens (including phenoxy) is 1. The molecule has 0 saturated carbocycles. The lowest BCUT2D eigenvalue weighted by molar-refractivity contribution is -0.0669. The van der Waals surface area contributed by atoms with E-state index in [1.807, 2.05) is 13.0 Å². The van der Waals surface area contributed by atoms with Crippen molar-refractivity contribution in [2.24, 2.45) is 0 Å². The quantitative estimate of drug-likeness (QED) is 0.926. The molecule has 6 nitrogen and oxygen atoms in total. The van der Waals surface area contributed by atoms with Crippen LogP contribution in [0.25, 0.3) is 10.6 Å². The Kier molecular flexibility index (Phi) is 4.49. The molecule has 2 aromatic heterocycles. The van der Waals surface area contributed by atoms with Crippen molar-refractivity contribution >= 4 is 28.8 Å². The summed E-state index contributed by atoms with van der Waals surface area (Å²) in [6.07, 6.45) is -0.359. The topological polar surface area (TPSA) is 75.8 Å². The number of carbonyl (C=O) groups is 1. The second kappa shape index (κ2) is 6.37. The second-order valence-electron chi connectivity index (χ2n) is 5.12. The number of aliphatic hydroxyl groups excluding tert-OH is 1. The molecule has 0 aromatic carbocycles. The van der Waals surface area contributed by atoms with Crippen LogP contribution in [0.15, 0.2) is 22.7 Å². The maximum atomic E-state index is 12.6. The first-order chi connectivity index (χ1) is 10.6. The summed E-state index contributed by atoms with van der Waals surface area (Å²) in [5.41, 5.74) is 0.241. The summed E-state index contributed by atoms with van der Waals surface area (Å²) in [4.78, 5) is 15.0. The van der Waals surface area contributed by atoms with E-state index in [4.69, 9.17) is 20.9 Å². The molecule has 1 saturated heterocycles. The molecule has 1 N–H and O–H groups in total. The fourth-order valence-corrected chi connectivity index (χ4v) is 3.29. The smallest absolute Gasteiger partial charge is 0.276 e. The number of aromatic nitrogens is 1. The first kappa shape index (κ1) is 15.5. The largest absolute Gasteiger partial charge is 0.394 e. The van der Waals surface area contributed by atoms with Crippen LogP contribution in [0, 0.1) is 0 Å². The van der Waals surface area contributed by atoms with Crippen molar-refractivity contribution in [2.45, 2.75) is 19.1 Å². The Bertz CT molecular complexity index is 671. The number of morpholine rings is 1. The molecule has 0 aliphatic carbocycles. The Morgan fingerprint density at radius 3 is 3.09 bits per heavy atom. The fraction of sp³-hybridized carbons (Fsp3) is 0.429. The van der Waals surface area contributed by atoms with Crippen molar-refractivity contribution in [3.8, 4) is 10.6 Å². The molecule has 118 valence electrons. The van der Waals surface area contributed by atoms with Crippen LogP contribution in [0.1, 0.15) is 17.4 Å². The average molecular weight is 343 g/mol. The molecule has 0 bridgehead atoms. The molecule has 3 heterocycles. The van der Waals surface area contributed by atoms with Gasteiger partial charge in [-0.1, -0.05) is 16.8 Å². The zero-order valence-corrected chi connectivity index (χ0v) is 13.4. The van der Waals surface area contributed by atoms with Crippen molar-refractivity contribution in [1.82, 2.24) is 10.1 Å². The lowest BCUT2D eigenvalue weighted by Gasteiger charge is -2.36. The Morgan fingerprint density at radius 2 is 2.41 bits per heavy atom. The molecule has 0 radical (unpaired) electrons. The summed E-state index contributed by atoms with van der Waals surface area (Å²) in [7, 11) is 0. The first-order valence-electron chi connectivity index (χ1n) is 6.84.